The van der Waals surface area contributed by atoms with Crippen LogP contribution in [0.1, 0.15) is 17.3 Å². The second-order valence-electron chi connectivity index (χ2n) is 5.05. The number of nitrogens with one attached hydrogen (secondary N) is 1. The Morgan fingerprint density at radius 2 is 2.00 bits per heavy atom. The fourth-order valence-corrected chi connectivity index (χ4v) is 2.87. The first-order chi connectivity index (χ1) is 11.6. The number of carbonyl (C=O) groups is 2. The predicted molar refractivity (Wildman–Crippen MR) is 88.5 cm³/mol. The van der Waals surface area contributed by atoms with Crippen LogP contribution < -0.4 is 5.32 Å². The number of amides is 1. The highest BCUT2D eigenvalue weighted by Gasteiger charge is 2.22. The minimum absolute atomic E-state index is 0.0501. The lowest BCUT2D eigenvalue weighted by atomic mass is 10.1. The number of oxazole rings is 1. The molecule has 0 aliphatic carbocycles. The van der Waals surface area contributed by atoms with Gasteiger partial charge < -0.3 is 14.8 Å². The number of aliphatic carboxylic acids is 1. The number of benzene rings is 1. The molecule has 0 fully saturated rings. The van der Waals surface area contributed by atoms with Crippen molar-refractivity contribution in [1.29, 1.82) is 0 Å². The number of aromatic nitrogens is 1. The number of carboxylic acid groups (broad SMARTS) is 1. The Kier molecular flexibility index (Phi) is 4.72. The molecule has 1 aromatic carbocycles. The summed E-state index contributed by atoms with van der Waals surface area (Å²) < 4.78 is 5.35. The summed E-state index contributed by atoms with van der Waals surface area (Å²) in [5, 5.41) is 13.7. The second kappa shape index (κ2) is 7.10. The number of rotatable bonds is 6. The molecule has 0 aliphatic rings. The number of nitrogens with zero attached hydrogens (tertiary/aromatic N) is 1. The largest absolute Gasteiger partial charge is 0.479 e. The first kappa shape index (κ1) is 15.9. The zero-order valence-electron chi connectivity index (χ0n) is 12.5. The van der Waals surface area contributed by atoms with Crippen LogP contribution in [0, 0.1) is 0 Å². The van der Waals surface area contributed by atoms with Crippen LogP contribution in [0.2, 0.25) is 0 Å². The maximum absolute atomic E-state index is 12.1. The van der Waals surface area contributed by atoms with Gasteiger partial charge in [-0.3, -0.25) is 4.79 Å². The van der Waals surface area contributed by atoms with Gasteiger partial charge in [-0.05, 0) is 17.0 Å². The van der Waals surface area contributed by atoms with Crippen LogP contribution in [-0.2, 0) is 16.0 Å². The van der Waals surface area contributed by atoms with E-state index in [1.807, 2.05) is 17.5 Å². The molecule has 0 radical (unpaired) electrons. The Hall–Kier alpha value is -2.93. The molecular weight excluding hydrogens is 328 g/mol. The molecule has 2 aromatic heterocycles. The Morgan fingerprint density at radius 1 is 1.21 bits per heavy atom. The van der Waals surface area contributed by atoms with Crippen molar-refractivity contribution in [3.8, 4) is 10.8 Å². The zero-order valence-corrected chi connectivity index (χ0v) is 13.3. The average molecular weight is 342 g/mol. The molecule has 0 saturated carbocycles. The van der Waals surface area contributed by atoms with E-state index >= 15 is 0 Å². The monoisotopic (exact) mass is 342 g/mol. The van der Waals surface area contributed by atoms with Crippen LogP contribution in [0.4, 0.5) is 0 Å². The summed E-state index contributed by atoms with van der Waals surface area (Å²) in [6.45, 7) is 0. The van der Waals surface area contributed by atoms with Gasteiger partial charge >= 0.3 is 5.97 Å². The van der Waals surface area contributed by atoms with Crippen molar-refractivity contribution in [3.63, 3.8) is 0 Å². The molecule has 0 saturated heterocycles. The molecule has 1 atom stereocenters. The molecule has 0 unspecified atom stereocenters. The highest BCUT2D eigenvalue weighted by molar-refractivity contribution is 7.13. The van der Waals surface area contributed by atoms with Crippen molar-refractivity contribution in [2.45, 2.75) is 12.5 Å². The molecule has 2 heterocycles. The second-order valence-corrected chi connectivity index (χ2v) is 6.00. The van der Waals surface area contributed by atoms with Crippen LogP contribution in [-0.4, -0.2) is 22.0 Å². The number of hydrogen-bond donors (Lipinski definition) is 2. The van der Waals surface area contributed by atoms with Gasteiger partial charge in [-0.2, -0.15) is 0 Å². The summed E-state index contributed by atoms with van der Waals surface area (Å²) >= 11 is 1.49. The lowest BCUT2D eigenvalue weighted by Gasteiger charge is -2.14. The number of thiophene rings is 1. The Balaban J connectivity index is 1.67. The van der Waals surface area contributed by atoms with Gasteiger partial charge in [0.15, 0.2) is 6.04 Å². The number of hydrogen-bond acceptors (Lipinski definition) is 5. The third kappa shape index (κ3) is 3.69. The van der Waals surface area contributed by atoms with Crippen molar-refractivity contribution >= 4 is 23.2 Å². The third-order valence-corrected chi connectivity index (χ3v) is 4.17. The molecule has 2 N–H and O–H groups in total. The Morgan fingerprint density at radius 3 is 2.67 bits per heavy atom. The molecule has 24 heavy (non-hydrogen) atoms. The van der Waals surface area contributed by atoms with Crippen molar-refractivity contribution in [1.82, 2.24) is 10.3 Å². The van der Waals surface area contributed by atoms with Gasteiger partial charge in [0.05, 0.1) is 17.0 Å². The Labute approximate surface area is 141 Å². The molecule has 3 aromatic rings. The molecule has 1 amide bonds. The van der Waals surface area contributed by atoms with Gasteiger partial charge in [0.25, 0.3) is 0 Å². The summed E-state index contributed by atoms with van der Waals surface area (Å²) in [6.07, 6.45) is 1.36. The lowest BCUT2D eigenvalue weighted by Crippen LogP contribution is -2.34. The molecular formula is C17H14N2O4S. The van der Waals surface area contributed by atoms with E-state index in [9.17, 15) is 14.7 Å². The van der Waals surface area contributed by atoms with E-state index in [0.29, 0.717) is 17.1 Å². The molecule has 7 heteroatoms. The summed E-state index contributed by atoms with van der Waals surface area (Å²) in [5.74, 6) is -1.10. The molecule has 3 rings (SSSR count). The van der Waals surface area contributed by atoms with E-state index in [1.54, 1.807) is 30.3 Å². The van der Waals surface area contributed by atoms with Crippen molar-refractivity contribution in [2.24, 2.45) is 0 Å². The zero-order chi connectivity index (χ0) is 16.9. The maximum Gasteiger partial charge on any atom is 0.330 e. The van der Waals surface area contributed by atoms with Gasteiger partial charge in [0.2, 0.25) is 11.8 Å². The molecule has 0 bridgehead atoms. The molecule has 122 valence electrons. The third-order valence-electron chi connectivity index (χ3n) is 3.31. The SMILES string of the molecule is O=C(Cc1coc(-c2cccs2)n1)N[C@H](C(=O)O)c1ccccc1. The topological polar surface area (TPSA) is 92.4 Å². The van der Waals surface area contributed by atoms with Crippen molar-refractivity contribution < 1.29 is 19.1 Å². The fourth-order valence-electron chi connectivity index (χ4n) is 2.21. The minimum Gasteiger partial charge on any atom is -0.479 e. The molecule has 0 aliphatic heterocycles. The van der Waals surface area contributed by atoms with Crippen molar-refractivity contribution in [2.75, 3.05) is 0 Å². The van der Waals surface area contributed by atoms with E-state index in [1.165, 1.54) is 17.6 Å². The van der Waals surface area contributed by atoms with Crippen LogP contribution in [0.15, 0.2) is 58.5 Å². The molecule has 0 spiro atoms. The Bertz CT molecular complexity index is 827. The highest BCUT2D eigenvalue weighted by Crippen LogP contribution is 2.23. The van der Waals surface area contributed by atoms with E-state index in [0.717, 1.165) is 4.88 Å². The molecule has 6 nitrogen and oxygen atoms in total. The van der Waals surface area contributed by atoms with E-state index in [4.69, 9.17) is 4.42 Å². The quantitative estimate of drug-likeness (QED) is 0.718. The number of carbonyl (C=O) groups excluding carboxylic acids is 1. The number of carboxylic acids is 1. The normalized spacial score (nSPS) is 11.8. The first-order valence-corrected chi connectivity index (χ1v) is 8.07. The smallest absolute Gasteiger partial charge is 0.330 e. The maximum atomic E-state index is 12.1. The highest BCUT2D eigenvalue weighted by atomic mass is 32.1. The summed E-state index contributed by atoms with van der Waals surface area (Å²) in [7, 11) is 0. The summed E-state index contributed by atoms with van der Waals surface area (Å²) in [5.41, 5.74) is 0.964. The average Bonchev–Trinajstić information content (AvgIpc) is 3.24. The van der Waals surface area contributed by atoms with Gasteiger partial charge in [0, 0.05) is 0 Å². The van der Waals surface area contributed by atoms with E-state index < -0.39 is 17.9 Å². The van der Waals surface area contributed by atoms with Gasteiger partial charge in [-0.15, -0.1) is 11.3 Å². The summed E-state index contributed by atoms with van der Waals surface area (Å²) in [6, 6.07) is 11.2. The fraction of sp³-hybridized carbons (Fsp3) is 0.118. The minimum atomic E-state index is -1.12. The van der Waals surface area contributed by atoms with Crippen LogP contribution in [0.3, 0.4) is 0 Å². The van der Waals surface area contributed by atoms with Crippen LogP contribution >= 0.6 is 11.3 Å². The standard InChI is InChI=1S/C17H14N2O4S/c20-14(19-15(17(21)22)11-5-2-1-3-6-11)9-12-10-23-16(18-12)13-7-4-8-24-13/h1-8,10,15H,9H2,(H,19,20)(H,21,22)/t15-/m0/s1. The summed E-state index contributed by atoms with van der Waals surface area (Å²) in [4.78, 5) is 28.7. The van der Waals surface area contributed by atoms with E-state index in [-0.39, 0.29) is 6.42 Å². The van der Waals surface area contributed by atoms with Gasteiger partial charge in [0.1, 0.15) is 6.26 Å². The van der Waals surface area contributed by atoms with Crippen LogP contribution in [0.25, 0.3) is 10.8 Å². The van der Waals surface area contributed by atoms with E-state index in [2.05, 4.69) is 10.3 Å². The predicted octanol–water partition coefficient (Wildman–Crippen LogP) is 2.89. The van der Waals surface area contributed by atoms with Gasteiger partial charge in [-0.1, -0.05) is 36.4 Å². The first-order valence-electron chi connectivity index (χ1n) is 7.19. The van der Waals surface area contributed by atoms with Gasteiger partial charge in [-0.25, -0.2) is 9.78 Å². The lowest BCUT2D eigenvalue weighted by molar-refractivity contribution is -0.142. The van der Waals surface area contributed by atoms with Crippen LogP contribution in [0.5, 0.6) is 0 Å². The van der Waals surface area contributed by atoms with Crippen molar-refractivity contribution in [3.05, 3.63) is 65.4 Å².